The molecule has 1 aromatic rings. The van der Waals surface area contributed by atoms with E-state index in [2.05, 4.69) is 20.2 Å². The number of nitrogens with one attached hydrogen (secondary N) is 3. The van der Waals surface area contributed by atoms with Crippen molar-refractivity contribution in [2.75, 3.05) is 6.61 Å². The zero-order valence-electron chi connectivity index (χ0n) is 22.9. The third-order valence-electron chi connectivity index (χ3n) is 5.35. The number of aromatic amines is 1. The van der Waals surface area contributed by atoms with E-state index in [0.717, 1.165) is 6.07 Å². The Hall–Kier alpha value is -3.18. The summed E-state index contributed by atoms with van der Waals surface area (Å²) >= 11 is 0. The number of hydrogen-bond donors (Lipinski definition) is 4. The summed E-state index contributed by atoms with van der Waals surface area (Å²) < 4.78 is 65.0. The Morgan fingerprint density at radius 1 is 1.17 bits per heavy atom. The SMILES string of the molecule is CC(C)OC(=O)C(C)NP(=O)(NC(C)C(=O)OC(C)C)OC[C@@]1(N=[N+]=[N-])O[C@@H](n2ccc(=O)[nH]c2=O)C(F)(F)[C@@H]1O. The lowest BCUT2D eigenvalue weighted by molar-refractivity contribution is -0.149. The average Bonchev–Trinajstić information content (AvgIpc) is 3.03. The lowest BCUT2D eigenvalue weighted by atomic mass is 10.1. The summed E-state index contributed by atoms with van der Waals surface area (Å²) in [5.74, 6) is -6.12. The Bertz CT molecular complexity index is 1300. The van der Waals surface area contributed by atoms with Gasteiger partial charge in [-0.3, -0.25) is 28.5 Å². The molecule has 1 fully saturated rings. The van der Waals surface area contributed by atoms with Crippen molar-refractivity contribution in [2.24, 2.45) is 5.11 Å². The Balaban J connectivity index is 2.45. The normalized spacial score (nSPS) is 24.8. The van der Waals surface area contributed by atoms with Crippen LogP contribution in [0.5, 0.6) is 0 Å². The fraction of sp³-hybridized carbons (Fsp3) is 0.714. The van der Waals surface area contributed by atoms with Gasteiger partial charge in [0.15, 0.2) is 6.10 Å². The molecule has 0 amide bonds. The smallest absolute Gasteiger partial charge is 0.342 e. The second-order valence-electron chi connectivity index (χ2n) is 9.60. The highest BCUT2D eigenvalue weighted by molar-refractivity contribution is 7.54. The number of ether oxygens (including phenoxy) is 3. The highest BCUT2D eigenvalue weighted by atomic mass is 31.2. The number of hydrogen-bond acceptors (Lipinski definition) is 11. The van der Waals surface area contributed by atoms with Crippen molar-refractivity contribution >= 4 is 19.6 Å². The number of rotatable bonds is 13. The number of halogens is 2. The highest BCUT2D eigenvalue weighted by Gasteiger charge is 2.67. The van der Waals surface area contributed by atoms with Crippen molar-refractivity contribution in [3.05, 3.63) is 43.5 Å². The van der Waals surface area contributed by atoms with E-state index in [1.165, 1.54) is 13.8 Å². The maximum Gasteiger partial charge on any atom is 0.342 e. The monoisotopic (exact) mass is 611 g/mol. The Morgan fingerprint density at radius 3 is 2.12 bits per heavy atom. The number of carbonyl (C=O) groups is 2. The molecule has 0 spiro atoms. The average molecular weight is 611 g/mol. The summed E-state index contributed by atoms with van der Waals surface area (Å²) in [6.45, 7) is 7.32. The van der Waals surface area contributed by atoms with Crippen LogP contribution in [0.25, 0.3) is 10.4 Å². The lowest BCUT2D eigenvalue weighted by Crippen LogP contribution is -2.49. The number of aliphatic hydroxyl groups is 1. The number of azide groups is 1. The number of aliphatic hydroxyl groups excluding tert-OH is 1. The quantitative estimate of drug-likeness (QED) is 0.0805. The molecule has 1 aromatic heterocycles. The van der Waals surface area contributed by atoms with Crippen LogP contribution in [0.4, 0.5) is 8.78 Å². The minimum absolute atomic E-state index is 0.239. The standard InChI is InChI=1S/C21H32F2N7O10P/c1-10(2)38-15(32)12(5)26-41(36,27-13(6)16(33)39-11(3)4)37-9-20(28-29-24)17(34)21(22,23)18(40-20)30-8-7-14(31)25-19(30)35/h7-8,10-13,17-18,34H,9H2,1-6H3,(H,25,31,35)(H2,26,27,36)/t12?,13?,17-,18-,20-,41?/m1/s1. The van der Waals surface area contributed by atoms with Crippen molar-refractivity contribution in [3.63, 3.8) is 0 Å². The number of nitrogens with zero attached hydrogens (tertiary/aromatic N) is 4. The fourth-order valence-electron chi connectivity index (χ4n) is 3.50. The van der Waals surface area contributed by atoms with Crippen molar-refractivity contribution in [1.82, 2.24) is 19.7 Å². The molecule has 0 radical (unpaired) electrons. The molecule has 0 aliphatic carbocycles. The predicted molar refractivity (Wildman–Crippen MR) is 135 cm³/mol. The van der Waals surface area contributed by atoms with Crippen LogP contribution in [0, 0.1) is 0 Å². The molecule has 1 aliphatic heterocycles. The van der Waals surface area contributed by atoms with Gasteiger partial charge in [-0.15, -0.1) is 0 Å². The number of aromatic nitrogens is 2. The summed E-state index contributed by atoms with van der Waals surface area (Å²) in [5.41, 5.74) is 3.84. The number of carbonyl (C=O) groups excluding carboxylic acids is 2. The van der Waals surface area contributed by atoms with E-state index in [4.69, 9.17) is 24.3 Å². The van der Waals surface area contributed by atoms with Gasteiger partial charge in [0, 0.05) is 17.2 Å². The summed E-state index contributed by atoms with van der Waals surface area (Å²) in [4.78, 5) is 52.4. The molecule has 17 nitrogen and oxygen atoms in total. The molecule has 1 saturated heterocycles. The maximum atomic E-state index is 15.2. The van der Waals surface area contributed by atoms with Crippen LogP contribution >= 0.6 is 7.67 Å². The molecular weight excluding hydrogens is 579 g/mol. The first-order valence-electron chi connectivity index (χ1n) is 12.2. The Labute approximate surface area is 231 Å². The van der Waals surface area contributed by atoms with Crippen molar-refractivity contribution < 1.29 is 46.8 Å². The van der Waals surface area contributed by atoms with Crippen LogP contribution in [-0.2, 0) is 32.9 Å². The summed E-state index contributed by atoms with van der Waals surface area (Å²) in [5, 5.41) is 18.2. The molecule has 20 heteroatoms. The molecule has 4 N–H and O–H groups in total. The number of H-pyrrole nitrogens is 1. The topological polar surface area (TPSA) is 236 Å². The molecule has 0 aromatic carbocycles. The molecule has 230 valence electrons. The van der Waals surface area contributed by atoms with Gasteiger partial charge in [0.2, 0.25) is 12.0 Å². The fourth-order valence-corrected chi connectivity index (χ4v) is 5.32. The summed E-state index contributed by atoms with van der Waals surface area (Å²) in [6.07, 6.45) is -6.06. The van der Waals surface area contributed by atoms with E-state index in [0.29, 0.717) is 6.20 Å². The first kappa shape index (κ1) is 34.0. The van der Waals surface area contributed by atoms with Crippen molar-refractivity contribution in [1.29, 1.82) is 0 Å². The van der Waals surface area contributed by atoms with Gasteiger partial charge in [-0.2, -0.15) is 8.78 Å². The van der Waals surface area contributed by atoms with Gasteiger partial charge >= 0.3 is 31.2 Å². The minimum Gasteiger partial charge on any atom is -0.462 e. The maximum absolute atomic E-state index is 15.2. The number of alkyl halides is 2. The van der Waals surface area contributed by atoms with Crippen LogP contribution in [0.15, 0.2) is 27.0 Å². The molecule has 1 aliphatic rings. The Morgan fingerprint density at radius 2 is 1.68 bits per heavy atom. The van der Waals surface area contributed by atoms with E-state index in [1.807, 2.05) is 0 Å². The molecule has 5 atom stereocenters. The van der Waals surface area contributed by atoms with Crippen LogP contribution in [0.2, 0.25) is 0 Å². The zero-order valence-corrected chi connectivity index (χ0v) is 23.8. The molecule has 2 unspecified atom stereocenters. The first-order chi connectivity index (χ1) is 18.9. The van der Waals surface area contributed by atoms with Gasteiger partial charge in [-0.05, 0) is 47.1 Å². The van der Waals surface area contributed by atoms with E-state index >= 15 is 8.78 Å². The summed E-state index contributed by atoms with van der Waals surface area (Å²) in [7, 11) is -4.66. The minimum atomic E-state index is -4.66. The molecule has 41 heavy (non-hydrogen) atoms. The molecule has 0 saturated carbocycles. The summed E-state index contributed by atoms with van der Waals surface area (Å²) in [6, 6.07) is -1.99. The van der Waals surface area contributed by atoms with Crippen molar-refractivity contribution in [3.8, 4) is 0 Å². The van der Waals surface area contributed by atoms with E-state index in [-0.39, 0.29) is 4.57 Å². The van der Waals surface area contributed by atoms with Crippen LogP contribution in [0.3, 0.4) is 0 Å². The van der Waals surface area contributed by atoms with E-state index < -0.39 is 85.7 Å². The largest absolute Gasteiger partial charge is 0.462 e. The third kappa shape index (κ3) is 8.19. The zero-order chi connectivity index (χ0) is 31.3. The first-order valence-corrected chi connectivity index (χ1v) is 13.8. The van der Waals surface area contributed by atoms with Gasteiger partial charge in [-0.25, -0.2) is 15.0 Å². The Kier molecular flexibility index (Phi) is 11.0. The molecule has 2 rings (SSSR count). The van der Waals surface area contributed by atoms with Crippen molar-refractivity contribution in [2.45, 2.75) is 89.8 Å². The van der Waals surface area contributed by atoms with Crippen LogP contribution in [0.1, 0.15) is 47.8 Å². The molecule has 0 bridgehead atoms. The highest BCUT2D eigenvalue weighted by Crippen LogP contribution is 2.50. The van der Waals surface area contributed by atoms with Gasteiger partial charge in [-0.1, -0.05) is 5.11 Å². The van der Waals surface area contributed by atoms with Gasteiger partial charge < -0.3 is 23.8 Å². The van der Waals surface area contributed by atoms with E-state index in [9.17, 15) is 28.8 Å². The molecule has 2 heterocycles. The lowest BCUT2D eigenvalue weighted by Gasteiger charge is -2.31. The second-order valence-corrected chi connectivity index (χ2v) is 11.5. The predicted octanol–water partition coefficient (Wildman–Crippen LogP) is 1.05. The van der Waals surface area contributed by atoms with E-state index in [1.54, 1.807) is 32.7 Å². The van der Waals surface area contributed by atoms with Crippen LogP contribution < -0.4 is 21.4 Å². The second kappa shape index (κ2) is 13.2. The number of esters is 2. The molecular formula is C21H32F2N7O10P. The van der Waals surface area contributed by atoms with Gasteiger partial charge in [0.05, 0.1) is 18.8 Å². The van der Waals surface area contributed by atoms with Gasteiger partial charge in [0.25, 0.3) is 5.56 Å². The third-order valence-corrected chi connectivity index (χ3v) is 7.29. The van der Waals surface area contributed by atoms with Gasteiger partial charge in [0.1, 0.15) is 12.1 Å². The van der Waals surface area contributed by atoms with Crippen LogP contribution in [-0.4, -0.2) is 75.2 Å².